The van der Waals surface area contributed by atoms with Gasteiger partial charge < -0.3 is 14.3 Å². The topological polar surface area (TPSA) is 66.7 Å². The van der Waals surface area contributed by atoms with Gasteiger partial charge in [0.1, 0.15) is 6.04 Å². The fourth-order valence-corrected chi connectivity index (χ4v) is 2.47. The molecule has 2 rings (SSSR count). The molecule has 1 aromatic rings. The third-order valence-corrected chi connectivity index (χ3v) is 3.77. The van der Waals surface area contributed by atoms with Crippen molar-refractivity contribution in [1.29, 1.82) is 0 Å². The third-order valence-electron chi connectivity index (χ3n) is 3.77. The van der Waals surface area contributed by atoms with Gasteiger partial charge in [-0.05, 0) is 19.3 Å². The van der Waals surface area contributed by atoms with Crippen molar-refractivity contribution in [3.8, 4) is 0 Å². The number of hydrogen-bond donors (Lipinski definition) is 0. The molecule has 21 heavy (non-hydrogen) atoms. The highest BCUT2D eigenvalue weighted by Gasteiger charge is 2.36. The number of carbonyl (C=O) groups excluding carboxylic acids is 2. The van der Waals surface area contributed by atoms with Crippen LogP contribution in [0.25, 0.3) is 0 Å². The second-order valence-electron chi connectivity index (χ2n) is 5.83. The van der Waals surface area contributed by atoms with Gasteiger partial charge in [-0.1, -0.05) is 25.9 Å². The Labute approximate surface area is 125 Å². The van der Waals surface area contributed by atoms with E-state index in [2.05, 4.69) is 5.16 Å². The van der Waals surface area contributed by atoms with Crippen LogP contribution in [0.15, 0.2) is 10.6 Å². The Bertz CT molecular complexity index is 524. The monoisotopic (exact) mass is 293 g/mol. The van der Waals surface area contributed by atoms with Crippen LogP contribution < -0.4 is 0 Å². The zero-order chi connectivity index (χ0) is 15.6. The van der Waals surface area contributed by atoms with Gasteiger partial charge in [0.2, 0.25) is 11.8 Å². The van der Waals surface area contributed by atoms with Gasteiger partial charge in [-0.25, -0.2) is 0 Å². The van der Waals surface area contributed by atoms with Crippen LogP contribution >= 0.6 is 0 Å². The van der Waals surface area contributed by atoms with Crippen LogP contribution in [0.5, 0.6) is 0 Å². The summed E-state index contributed by atoms with van der Waals surface area (Å²) in [5, 5.41) is 3.99. The number of piperazine rings is 1. The maximum absolute atomic E-state index is 12.3. The first kappa shape index (κ1) is 15.5. The van der Waals surface area contributed by atoms with E-state index in [1.54, 1.807) is 16.7 Å². The van der Waals surface area contributed by atoms with Crippen LogP contribution in [0, 0.1) is 0 Å². The molecule has 0 saturated carbocycles. The lowest BCUT2D eigenvalue weighted by atomic mass is 10.1. The molecule has 1 aromatic heterocycles. The maximum Gasteiger partial charge on any atom is 0.245 e. The first-order chi connectivity index (χ1) is 9.93. The predicted molar refractivity (Wildman–Crippen MR) is 77.5 cm³/mol. The molecule has 6 heteroatoms. The Morgan fingerprint density at radius 2 is 2.14 bits per heavy atom. The lowest BCUT2D eigenvalue weighted by molar-refractivity contribution is -0.156. The average molecular weight is 293 g/mol. The summed E-state index contributed by atoms with van der Waals surface area (Å²) < 4.78 is 5.27. The number of nitrogens with zero attached hydrogens (tertiary/aromatic N) is 3. The molecule has 0 unspecified atom stereocenters. The number of aromatic nitrogens is 1. The summed E-state index contributed by atoms with van der Waals surface area (Å²) in [6.45, 7) is 8.90. The molecular formula is C15H23N3O3. The van der Waals surface area contributed by atoms with E-state index in [1.807, 2.05) is 26.8 Å². The highest BCUT2D eigenvalue weighted by Crippen LogP contribution is 2.19. The van der Waals surface area contributed by atoms with Gasteiger partial charge in [-0.15, -0.1) is 0 Å². The smallest absolute Gasteiger partial charge is 0.245 e. The van der Waals surface area contributed by atoms with E-state index in [0.29, 0.717) is 18.8 Å². The molecule has 1 saturated heterocycles. The van der Waals surface area contributed by atoms with Gasteiger partial charge in [-0.3, -0.25) is 9.59 Å². The molecule has 0 bridgehead atoms. The Hall–Kier alpha value is -1.85. The molecule has 1 atom stereocenters. The van der Waals surface area contributed by atoms with Crippen molar-refractivity contribution in [3.05, 3.63) is 17.5 Å². The highest BCUT2D eigenvalue weighted by atomic mass is 16.5. The molecule has 0 aliphatic carbocycles. The van der Waals surface area contributed by atoms with E-state index in [4.69, 9.17) is 4.52 Å². The van der Waals surface area contributed by atoms with E-state index in [-0.39, 0.29) is 24.3 Å². The summed E-state index contributed by atoms with van der Waals surface area (Å²) in [7, 11) is 0. The van der Waals surface area contributed by atoms with Gasteiger partial charge in [0.05, 0.1) is 18.8 Å². The quantitative estimate of drug-likeness (QED) is 0.830. The molecule has 0 N–H and O–H groups in total. The van der Waals surface area contributed by atoms with E-state index in [1.165, 1.54) is 0 Å². The summed E-state index contributed by atoms with van der Waals surface area (Å²) >= 11 is 0. The fraction of sp³-hybridized carbons (Fsp3) is 0.667. The molecular weight excluding hydrogens is 270 g/mol. The second kappa shape index (κ2) is 6.28. The van der Waals surface area contributed by atoms with Crippen LogP contribution in [0.3, 0.4) is 0 Å². The summed E-state index contributed by atoms with van der Waals surface area (Å²) in [6, 6.07) is 1.40. The molecule has 1 aliphatic rings. The normalized spacial score (nSPS) is 19.8. The van der Waals surface area contributed by atoms with Gasteiger partial charge in [0, 0.05) is 12.6 Å². The van der Waals surface area contributed by atoms with Crippen LogP contribution in [0.1, 0.15) is 51.5 Å². The highest BCUT2D eigenvalue weighted by molar-refractivity contribution is 5.94. The Morgan fingerprint density at radius 3 is 2.71 bits per heavy atom. The summed E-state index contributed by atoms with van der Waals surface area (Å²) in [4.78, 5) is 27.7. The van der Waals surface area contributed by atoms with Crippen molar-refractivity contribution >= 4 is 11.8 Å². The summed E-state index contributed by atoms with van der Waals surface area (Å²) in [6.07, 6.45) is 0.853. The van der Waals surface area contributed by atoms with Crippen molar-refractivity contribution in [2.24, 2.45) is 0 Å². The Balaban J connectivity index is 2.09. The fourth-order valence-electron chi connectivity index (χ4n) is 2.47. The molecule has 2 heterocycles. The van der Waals surface area contributed by atoms with E-state index in [0.717, 1.165) is 12.1 Å². The third kappa shape index (κ3) is 3.25. The van der Waals surface area contributed by atoms with Crippen LogP contribution in [0.4, 0.5) is 0 Å². The van der Waals surface area contributed by atoms with Crippen LogP contribution in [0.2, 0.25) is 0 Å². The van der Waals surface area contributed by atoms with Crippen molar-refractivity contribution in [3.63, 3.8) is 0 Å². The second-order valence-corrected chi connectivity index (χ2v) is 5.83. The zero-order valence-corrected chi connectivity index (χ0v) is 13.1. The standard InChI is InChI=1S/C15H23N3O3/c1-5-6-17-9-14(19)18(11(4)15(17)20)8-12-7-13(10(2)3)16-21-12/h7,10-11H,5-6,8-9H2,1-4H3/t11-/m0/s1. The molecule has 1 fully saturated rings. The van der Waals surface area contributed by atoms with Gasteiger partial charge in [0.15, 0.2) is 5.76 Å². The predicted octanol–water partition coefficient (Wildman–Crippen LogP) is 1.77. The molecule has 6 nitrogen and oxygen atoms in total. The Kier molecular flexibility index (Phi) is 4.65. The number of hydrogen-bond acceptors (Lipinski definition) is 4. The van der Waals surface area contributed by atoms with E-state index < -0.39 is 6.04 Å². The molecule has 116 valence electrons. The Morgan fingerprint density at radius 1 is 1.43 bits per heavy atom. The maximum atomic E-state index is 12.3. The van der Waals surface area contributed by atoms with Gasteiger partial charge in [0.25, 0.3) is 0 Å². The number of carbonyl (C=O) groups is 2. The average Bonchev–Trinajstić information content (AvgIpc) is 2.90. The first-order valence-electron chi connectivity index (χ1n) is 7.47. The van der Waals surface area contributed by atoms with E-state index >= 15 is 0 Å². The summed E-state index contributed by atoms with van der Waals surface area (Å²) in [5.74, 6) is 0.854. The lowest BCUT2D eigenvalue weighted by Crippen LogP contribution is -2.58. The SMILES string of the molecule is CCCN1CC(=O)N(Cc2cc(C(C)C)no2)[C@@H](C)C1=O. The van der Waals surface area contributed by atoms with Gasteiger partial charge >= 0.3 is 0 Å². The first-order valence-corrected chi connectivity index (χ1v) is 7.47. The van der Waals surface area contributed by atoms with Crippen LogP contribution in [-0.2, 0) is 16.1 Å². The number of rotatable bonds is 5. The summed E-state index contributed by atoms with van der Waals surface area (Å²) in [5.41, 5.74) is 0.862. The molecule has 1 aliphatic heterocycles. The largest absolute Gasteiger partial charge is 0.359 e. The minimum Gasteiger partial charge on any atom is -0.359 e. The van der Waals surface area contributed by atoms with Crippen molar-refractivity contribution in [1.82, 2.24) is 15.0 Å². The zero-order valence-electron chi connectivity index (χ0n) is 13.1. The minimum atomic E-state index is -0.453. The molecule has 2 amide bonds. The minimum absolute atomic E-state index is 0.0000448. The van der Waals surface area contributed by atoms with Crippen molar-refractivity contribution in [2.45, 2.75) is 52.6 Å². The van der Waals surface area contributed by atoms with Crippen molar-refractivity contribution < 1.29 is 14.1 Å². The number of amides is 2. The molecule has 0 radical (unpaired) electrons. The van der Waals surface area contributed by atoms with Crippen molar-refractivity contribution in [2.75, 3.05) is 13.1 Å². The molecule has 0 spiro atoms. The lowest BCUT2D eigenvalue weighted by Gasteiger charge is -2.38. The van der Waals surface area contributed by atoms with Crippen LogP contribution in [-0.4, -0.2) is 45.9 Å². The van der Waals surface area contributed by atoms with E-state index in [9.17, 15) is 9.59 Å². The van der Waals surface area contributed by atoms with Gasteiger partial charge in [-0.2, -0.15) is 0 Å². The molecule has 0 aromatic carbocycles.